The summed E-state index contributed by atoms with van der Waals surface area (Å²) in [6.07, 6.45) is 2.49. The molecule has 1 heterocycles. The molecule has 0 bridgehead atoms. The monoisotopic (exact) mass is 405 g/mol. The Kier molecular flexibility index (Phi) is 5.61. The summed E-state index contributed by atoms with van der Waals surface area (Å²) in [4.78, 5) is 44.1. The first-order valence-electron chi connectivity index (χ1n) is 10.1. The average molecular weight is 405 g/mol. The summed E-state index contributed by atoms with van der Waals surface area (Å²) >= 11 is 0. The molecule has 1 atom stereocenters. The lowest BCUT2D eigenvalue weighted by atomic mass is 10.1. The Bertz CT molecular complexity index is 1030. The molecule has 0 aromatic heterocycles. The number of carbonyl (C=O) groups is 3. The van der Waals surface area contributed by atoms with Crippen LogP contribution >= 0.6 is 0 Å². The lowest BCUT2D eigenvalue weighted by Gasteiger charge is -2.24. The molecule has 2 aromatic rings. The number of amides is 2. The van der Waals surface area contributed by atoms with Crippen LogP contribution in [0.5, 0.6) is 0 Å². The highest BCUT2D eigenvalue weighted by molar-refractivity contribution is 6.16. The molecule has 0 radical (unpaired) electrons. The van der Waals surface area contributed by atoms with Crippen molar-refractivity contribution < 1.29 is 19.1 Å². The zero-order valence-electron chi connectivity index (χ0n) is 16.8. The van der Waals surface area contributed by atoms with Gasteiger partial charge in [0.15, 0.2) is 0 Å². The number of fused-ring (bicyclic) bond motifs is 2. The van der Waals surface area contributed by atoms with Crippen molar-refractivity contribution in [2.75, 3.05) is 23.4 Å². The molecule has 1 aliphatic carbocycles. The molecule has 2 aliphatic rings. The summed E-state index contributed by atoms with van der Waals surface area (Å²) in [5, 5.41) is 2.78. The van der Waals surface area contributed by atoms with Crippen molar-refractivity contribution >= 4 is 40.6 Å². The van der Waals surface area contributed by atoms with Crippen molar-refractivity contribution in [3.63, 3.8) is 0 Å². The van der Waals surface area contributed by atoms with E-state index in [0.717, 1.165) is 25.0 Å². The largest absolute Gasteiger partial charge is 0.462 e. The van der Waals surface area contributed by atoms with Gasteiger partial charge in [0.05, 0.1) is 29.5 Å². The molecule has 1 N–H and O–H groups in total. The van der Waals surface area contributed by atoms with Crippen LogP contribution in [0.25, 0.3) is 0 Å². The summed E-state index contributed by atoms with van der Waals surface area (Å²) in [6.45, 7) is 1.88. The quantitative estimate of drug-likeness (QED) is 0.768. The van der Waals surface area contributed by atoms with Crippen LogP contribution in [-0.2, 0) is 14.3 Å². The molecule has 2 aromatic carbocycles. The van der Waals surface area contributed by atoms with Crippen LogP contribution in [0.4, 0.5) is 17.1 Å². The molecule has 154 valence electrons. The normalized spacial score (nSPS) is 17.5. The Balaban J connectivity index is 1.54. The Morgan fingerprint density at radius 1 is 1.20 bits per heavy atom. The maximum absolute atomic E-state index is 13.2. The molecule has 1 fully saturated rings. The molecule has 30 heavy (non-hydrogen) atoms. The van der Waals surface area contributed by atoms with Gasteiger partial charge in [-0.1, -0.05) is 18.2 Å². The number of nitrogens with one attached hydrogen (secondary N) is 1. The van der Waals surface area contributed by atoms with Crippen molar-refractivity contribution in [1.82, 2.24) is 0 Å². The first kappa shape index (κ1) is 19.8. The predicted octanol–water partition coefficient (Wildman–Crippen LogP) is 3.72. The second-order valence-corrected chi connectivity index (χ2v) is 7.31. The van der Waals surface area contributed by atoms with Gasteiger partial charge < -0.3 is 15.0 Å². The van der Waals surface area contributed by atoms with E-state index >= 15 is 0 Å². The van der Waals surface area contributed by atoms with E-state index in [1.54, 1.807) is 31.2 Å². The van der Waals surface area contributed by atoms with E-state index in [4.69, 9.17) is 9.73 Å². The highest BCUT2D eigenvalue weighted by Gasteiger charge is 2.37. The molecule has 0 spiro atoms. The molecule has 1 aliphatic heterocycles. The van der Waals surface area contributed by atoms with E-state index in [1.165, 1.54) is 4.90 Å². The SMILES string of the molecule is CCOC(=O)c1cccc(NC(=O)CN2C(=O)[C@@H]3CCCC3=Nc3ccccc32)c1. The number of para-hydroxylation sites is 2. The summed E-state index contributed by atoms with van der Waals surface area (Å²) < 4.78 is 5.00. The standard InChI is InChI=1S/C23H23N3O4/c1-2-30-23(29)15-7-5-8-16(13-15)24-21(27)14-26-20-12-4-3-10-19(20)25-18-11-6-9-17(18)22(26)28/h3-5,7-8,10,12-13,17H,2,6,9,11,14H2,1H3,(H,24,27)/t17-/m1/s1. The van der Waals surface area contributed by atoms with Crippen LogP contribution in [0.1, 0.15) is 36.5 Å². The van der Waals surface area contributed by atoms with Gasteiger partial charge in [-0.2, -0.15) is 0 Å². The van der Waals surface area contributed by atoms with Crippen LogP contribution in [0, 0.1) is 5.92 Å². The molecule has 4 rings (SSSR count). The fraction of sp³-hybridized carbons (Fsp3) is 0.304. The minimum Gasteiger partial charge on any atom is -0.462 e. The fourth-order valence-corrected chi connectivity index (χ4v) is 3.92. The first-order chi connectivity index (χ1) is 14.6. The van der Waals surface area contributed by atoms with Gasteiger partial charge in [0.1, 0.15) is 6.54 Å². The molecule has 7 heteroatoms. The van der Waals surface area contributed by atoms with Crippen LogP contribution < -0.4 is 10.2 Å². The molecular formula is C23H23N3O4. The van der Waals surface area contributed by atoms with Crippen LogP contribution in [-0.4, -0.2) is 36.6 Å². The van der Waals surface area contributed by atoms with Gasteiger partial charge in [-0.3, -0.25) is 14.6 Å². The molecule has 2 amide bonds. The van der Waals surface area contributed by atoms with Crippen molar-refractivity contribution in [1.29, 1.82) is 0 Å². The van der Waals surface area contributed by atoms with Gasteiger partial charge in [0.25, 0.3) is 0 Å². The number of carbonyl (C=O) groups excluding carboxylic acids is 3. The van der Waals surface area contributed by atoms with Gasteiger partial charge in [-0.15, -0.1) is 0 Å². The predicted molar refractivity (Wildman–Crippen MR) is 114 cm³/mol. The van der Waals surface area contributed by atoms with Crippen molar-refractivity contribution in [2.24, 2.45) is 10.9 Å². The van der Waals surface area contributed by atoms with Gasteiger partial charge >= 0.3 is 5.97 Å². The van der Waals surface area contributed by atoms with Crippen molar-refractivity contribution in [2.45, 2.75) is 26.2 Å². The number of rotatable bonds is 5. The number of esters is 1. The molecule has 7 nitrogen and oxygen atoms in total. The van der Waals surface area contributed by atoms with E-state index in [2.05, 4.69) is 5.32 Å². The van der Waals surface area contributed by atoms with Gasteiger partial charge in [0.2, 0.25) is 11.8 Å². The number of hydrogen-bond acceptors (Lipinski definition) is 5. The average Bonchev–Trinajstić information content (AvgIpc) is 3.17. The molecular weight excluding hydrogens is 382 g/mol. The lowest BCUT2D eigenvalue weighted by Crippen LogP contribution is -2.41. The third kappa shape index (κ3) is 3.96. The number of hydrogen-bond donors (Lipinski definition) is 1. The highest BCUT2D eigenvalue weighted by atomic mass is 16.5. The molecule has 1 saturated carbocycles. The maximum atomic E-state index is 13.2. The number of benzene rings is 2. The fourth-order valence-electron chi connectivity index (χ4n) is 3.92. The summed E-state index contributed by atoms with van der Waals surface area (Å²) in [6, 6.07) is 13.9. The van der Waals surface area contributed by atoms with Crippen molar-refractivity contribution in [3.05, 3.63) is 54.1 Å². The Morgan fingerprint density at radius 2 is 2.03 bits per heavy atom. The van der Waals surface area contributed by atoms with Gasteiger partial charge in [-0.05, 0) is 56.5 Å². The van der Waals surface area contributed by atoms with Crippen LogP contribution in [0.2, 0.25) is 0 Å². The Hall–Kier alpha value is -3.48. The first-order valence-corrected chi connectivity index (χ1v) is 10.1. The number of ether oxygens (including phenoxy) is 1. The van der Waals surface area contributed by atoms with Gasteiger partial charge in [-0.25, -0.2) is 4.79 Å². The van der Waals surface area contributed by atoms with E-state index in [-0.39, 0.29) is 30.9 Å². The zero-order valence-corrected chi connectivity index (χ0v) is 16.8. The second-order valence-electron chi connectivity index (χ2n) is 7.31. The zero-order chi connectivity index (χ0) is 21.1. The van der Waals surface area contributed by atoms with Crippen LogP contribution in [0.15, 0.2) is 53.5 Å². The third-order valence-corrected chi connectivity index (χ3v) is 5.29. The minimum absolute atomic E-state index is 0.0911. The molecule has 0 unspecified atom stereocenters. The van der Waals surface area contributed by atoms with E-state index in [9.17, 15) is 14.4 Å². The van der Waals surface area contributed by atoms with E-state index in [0.29, 0.717) is 22.6 Å². The Morgan fingerprint density at radius 3 is 2.87 bits per heavy atom. The summed E-state index contributed by atoms with van der Waals surface area (Å²) in [5.74, 6) is -1.15. The lowest BCUT2D eigenvalue weighted by molar-refractivity contribution is -0.122. The minimum atomic E-state index is -0.448. The Labute approximate surface area is 174 Å². The second kappa shape index (κ2) is 8.49. The molecule has 0 saturated heterocycles. The van der Waals surface area contributed by atoms with E-state index in [1.807, 2.05) is 24.3 Å². The third-order valence-electron chi connectivity index (χ3n) is 5.29. The smallest absolute Gasteiger partial charge is 0.338 e. The maximum Gasteiger partial charge on any atom is 0.338 e. The summed E-state index contributed by atoms with van der Waals surface area (Å²) in [5.41, 5.74) is 3.08. The van der Waals surface area contributed by atoms with E-state index < -0.39 is 5.97 Å². The summed E-state index contributed by atoms with van der Waals surface area (Å²) in [7, 11) is 0. The topological polar surface area (TPSA) is 88.1 Å². The van der Waals surface area contributed by atoms with Crippen molar-refractivity contribution in [3.8, 4) is 0 Å². The number of anilines is 2. The number of nitrogens with zero attached hydrogens (tertiary/aromatic N) is 2. The number of aliphatic imine (C=N–C) groups is 1. The van der Waals surface area contributed by atoms with Gasteiger partial charge in [0, 0.05) is 11.4 Å². The van der Waals surface area contributed by atoms with Crippen LogP contribution in [0.3, 0.4) is 0 Å². The highest BCUT2D eigenvalue weighted by Crippen LogP contribution is 2.37.